The van der Waals surface area contributed by atoms with E-state index < -0.39 is 14.2 Å². The van der Waals surface area contributed by atoms with Gasteiger partial charge in [-0.2, -0.15) is 0 Å². The van der Waals surface area contributed by atoms with Gasteiger partial charge in [0.25, 0.3) is 0 Å². The standard InChI is InChI=1S/C20H40O5Si/c1-9-11-12-13-18(21)24-14-17(19(22)23-10-2)15-25-26(7,8)20(5,6)16(3)4/h16-17H,9-15H2,1-8H3. The lowest BCUT2D eigenvalue weighted by atomic mass is 9.99. The molecule has 0 spiro atoms. The summed E-state index contributed by atoms with van der Waals surface area (Å²) in [6, 6.07) is 0. The molecule has 6 heteroatoms. The maximum absolute atomic E-state index is 12.2. The Bertz CT molecular complexity index is 432. The Balaban J connectivity index is 4.80. The van der Waals surface area contributed by atoms with Gasteiger partial charge in [0.2, 0.25) is 0 Å². The van der Waals surface area contributed by atoms with Gasteiger partial charge in [-0.25, -0.2) is 0 Å². The third-order valence-electron chi connectivity index (χ3n) is 5.69. The largest absolute Gasteiger partial charge is 0.466 e. The summed E-state index contributed by atoms with van der Waals surface area (Å²) >= 11 is 0. The van der Waals surface area contributed by atoms with Crippen LogP contribution in [0.15, 0.2) is 0 Å². The van der Waals surface area contributed by atoms with Crippen LogP contribution in [0.5, 0.6) is 0 Å². The molecule has 0 fully saturated rings. The number of esters is 2. The quantitative estimate of drug-likeness (QED) is 0.254. The Morgan fingerprint density at radius 2 is 1.62 bits per heavy atom. The lowest BCUT2D eigenvalue weighted by Gasteiger charge is -2.43. The highest BCUT2D eigenvalue weighted by Crippen LogP contribution is 2.44. The van der Waals surface area contributed by atoms with E-state index in [0.717, 1.165) is 19.3 Å². The molecule has 1 unspecified atom stereocenters. The van der Waals surface area contributed by atoms with Crippen LogP contribution < -0.4 is 0 Å². The van der Waals surface area contributed by atoms with Gasteiger partial charge >= 0.3 is 11.9 Å². The molecule has 0 saturated heterocycles. The highest BCUT2D eigenvalue weighted by molar-refractivity contribution is 6.74. The predicted octanol–water partition coefficient (Wildman–Crippen LogP) is 4.95. The summed E-state index contributed by atoms with van der Waals surface area (Å²) in [7, 11) is -2.06. The summed E-state index contributed by atoms with van der Waals surface area (Å²) < 4.78 is 16.7. The van der Waals surface area contributed by atoms with Gasteiger partial charge in [0, 0.05) is 6.42 Å². The molecule has 0 aromatic heterocycles. The van der Waals surface area contributed by atoms with E-state index in [2.05, 4.69) is 47.7 Å². The van der Waals surface area contributed by atoms with Gasteiger partial charge in [-0.1, -0.05) is 47.5 Å². The maximum atomic E-state index is 12.2. The van der Waals surface area contributed by atoms with Crippen LogP contribution in [0.25, 0.3) is 0 Å². The first-order valence-electron chi connectivity index (χ1n) is 9.95. The van der Waals surface area contributed by atoms with Gasteiger partial charge in [0.1, 0.15) is 12.5 Å². The van der Waals surface area contributed by atoms with Gasteiger partial charge < -0.3 is 13.9 Å². The first-order valence-corrected chi connectivity index (χ1v) is 12.9. The van der Waals surface area contributed by atoms with Crippen molar-refractivity contribution in [3.8, 4) is 0 Å². The van der Waals surface area contributed by atoms with Gasteiger partial charge in [-0.3, -0.25) is 9.59 Å². The molecular formula is C20H40O5Si. The van der Waals surface area contributed by atoms with Crippen LogP contribution in [0.3, 0.4) is 0 Å². The Hall–Kier alpha value is -0.883. The lowest BCUT2D eigenvalue weighted by Crippen LogP contribution is -2.47. The highest BCUT2D eigenvalue weighted by atomic mass is 28.4. The molecule has 1 atom stereocenters. The summed E-state index contributed by atoms with van der Waals surface area (Å²) in [6.07, 6.45) is 3.27. The molecule has 0 heterocycles. The molecule has 0 aliphatic heterocycles. The second-order valence-electron chi connectivity index (χ2n) is 8.29. The fourth-order valence-corrected chi connectivity index (χ4v) is 4.80. The van der Waals surface area contributed by atoms with E-state index in [1.54, 1.807) is 6.92 Å². The van der Waals surface area contributed by atoms with Crippen molar-refractivity contribution in [2.24, 2.45) is 11.8 Å². The van der Waals surface area contributed by atoms with Gasteiger partial charge in [-0.05, 0) is 37.4 Å². The SMILES string of the molecule is CCCCCC(=O)OCC(CO[Si](C)(C)C(C)(C)C(C)C)C(=O)OCC. The topological polar surface area (TPSA) is 61.8 Å². The number of carbonyl (C=O) groups is 2. The molecular weight excluding hydrogens is 348 g/mol. The lowest BCUT2D eigenvalue weighted by molar-refractivity contribution is -0.156. The average molecular weight is 389 g/mol. The molecule has 0 aromatic rings. The van der Waals surface area contributed by atoms with Crippen molar-refractivity contribution in [2.45, 2.75) is 85.4 Å². The number of hydrogen-bond acceptors (Lipinski definition) is 5. The fourth-order valence-electron chi connectivity index (χ4n) is 2.42. The second-order valence-corrected chi connectivity index (χ2v) is 12.9. The Labute approximate surface area is 161 Å². The van der Waals surface area contributed by atoms with Crippen molar-refractivity contribution in [1.29, 1.82) is 0 Å². The number of rotatable bonds is 13. The third-order valence-corrected chi connectivity index (χ3v) is 10.3. The van der Waals surface area contributed by atoms with Crippen LogP contribution in [-0.4, -0.2) is 40.1 Å². The minimum absolute atomic E-state index is 0.0242. The van der Waals surface area contributed by atoms with E-state index in [1.807, 2.05) is 0 Å². The van der Waals surface area contributed by atoms with Crippen LogP contribution >= 0.6 is 0 Å². The number of ether oxygens (including phenoxy) is 2. The van der Waals surface area contributed by atoms with Crippen molar-refractivity contribution in [3.05, 3.63) is 0 Å². The van der Waals surface area contributed by atoms with Crippen molar-refractivity contribution in [2.75, 3.05) is 19.8 Å². The molecule has 0 aromatic carbocycles. The summed E-state index contributed by atoms with van der Waals surface area (Å²) in [6.45, 7) is 17.6. The van der Waals surface area contributed by atoms with Crippen molar-refractivity contribution < 1.29 is 23.5 Å². The van der Waals surface area contributed by atoms with Crippen LogP contribution in [-0.2, 0) is 23.5 Å². The number of carbonyl (C=O) groups excluding carboxylic acids is 2. The van der Waals surface area contributed by atoms with E-state index in [-0.39, 0.29) is 30.2 Å². The molecule has 0 rings (SSSR count). The minimum Gasteiger partial charge on any atom is -0.466 e. The fraction of sp³-hybridized carbons (Fsp3) is 0.900. The van der Waals surface area contributed by atoms with Crippen molar-refractivity contribution >= 4 is 20.3 Å². The first kappa shape index (κ1) is 25.1. The van der Waals surface area contributed by atoms with Gasteiger partial charge in [0.05, 0.1) is 13.2 Å². The average Bonchev–Trinajstić information content (AvgIpc) is 2.54. The predicted molar refractivity (Wildman–Crippen MR) is 108 cm³/mol. The van der Waals surface area contributed by atoms with Crippen LogP contribution in [0, 0.1) is 11.8 Å². The first-order chi connectivity index (χ1) is 12.0. The minimum atomic E-state index is -2.06. The molecule has 154 valence electrons. The van der Waals surface area contributed by atoms with Crippen molar-refractivity contribution in [1.82, 2.24) is 0 Å². The van der Waals surface area contributed by atoms with E-state index in [4.69, 9.17) is 13.9 Å². The molecule has 26 heavy (non-hydrogen) atoms. The number of unbranched alkanes of at least 4 members (excludes halogenated alkanes) is 2. The molecule has 0 radical (unpaired) electrons. The summed E-state index contributed by atoms with van der Waals surface area (Å²) in [4.78, 5) is 24.1. The molecule has 0 bridgehead atoms. The van der Waals surface area contributed by atoms with E-state index in [0.29, 0.717) is 18.9 Å². The molecule has 0 amide bonds. The Kier molecular flexibility index (Phi) is 11.4. The number of hydrogen-bond donors (Lipinski definition) is 0. The van der Waals surface area contributed by atoms with Crippen LogP contribution in [0.1, 0.15) is 67.2 Å². The van der Waals surface area contributed by atoms with Gasteiger partial charge in [0.15, 0.2) is 8.32 Å². The van der Waals surface area contributed by atoms with Crippen LogP contribution in [0.4, 0.5) is 0 Å². The zero-order valence-electron chi connectivity index (χ0n) is 18.1. The Morgan fingerprint density at radius 1 is 1.00 bits per heavy atom. The van der Waals surface area contributed by atoms with E-state index >= 15 is 0 Å². The second kappa shape index (κ2) is 11.8. The monoisotopic (exact) mass is 388 g/mol. The van der Waals surface area contributed by atoms with Crippen LogP contribution in [0.2, 0.25) is 18.1 Å². The summed E-state index contributed by atoms with van der Waals surface area (Å²) in [5.74, 6) is -0.714. The normalized spacial score (nSPS) is 13.6. The molecule has 0 N–H and O–H groups in total. The molecule has 0 aliphatic carbocycles. The summed E-state index contributed by atoms with van der Waals surface area (Å²) in [5.41, 5.74) is 0. The zero-order chi connectivity index (χ0) is 20.4. The Morgan fingerprint density at radius 3 is 2.12 bits per heavy atom. The zero-order valence-corrected chi connectivity index (χ0v) is 19.1. The maximum Gasteiger partial charge on any atom is 0.314 e. The highest BCUT2D eigenvalue weighted by Gasteiger charge is 2.44. The molecule has 5 nitrogen and oxygen atoms in total. The van der Waals surface area contributed by atoms with Crippen molar-refractivity contribution in [3.63, 3.8) is 0 Å². The molecule has 0 aliphatic rings. The summed E-state index contributed by atoms with van der Waals surface area (Å²) in [5, 5.41) is 0.0586. The van der Waals surface area contributed by atoms with E-state index in [1.165, 1.54) is 0 Å². The molecule has 0 saturated carbocycles. The smallest absolute Gasteiger partial charge is 0.314 e. The van der Waals surface area contributed by atoms with Gasteiger partial charge in [-0.15, -0.1) is 0 Å². The van der Waals surface area contributed by atoms with E-state index in [9.17, 15) is 9.59 Å². The third kappa shape index (κ3) is 8.21.